The van der Waals surface area contributed by atoms with Gasteiger partial charge < -0.3 is 15.3 Å². The number of piperidine rings is 1. The Bertz CT molecular complexity index is 1620. The van der Waals surface area contributed by atoms with Crippen LogP contribution in [0.15, 0.2) is 10.3 Å². The Balaban J connectivity index is 2.21. The van der Waals surface area contributed by atoms with Crippen LogP contribution in [0.5, 0.6) is 5.75 Å². The van der Waals surface area contributed by atoms with E-state index in [4.69, 9.17) is 30.3 Å². The molecule has 2 aromatic heterocycles. The van der Waals surface area contributed by atoms with Gasteiger partial charge in [0.1, 0.15) is 15.9 Å². The first kappa shape index (κ1) is 5.54. The lowest BCUT2D eigenvalue weighted by atomic mass is 10.1. The number of rotatable bonds is 7. The van der Waals surface area contributed by atoms with E-state index in [1.807, 2.05) is 0 Å². The van der Waals surface area contributed by atoms with Crippen LogP contribution in [-0.4, -0.2) is 52.9 Å². The SMILES string of the molecule is [2H]Oc1c(C(=O)N([2H])C([2H])([2H])CCN2C([2H])([2H])C([2H])([2H])C([2H])([2H])C([2H])([2H])C2([2H])[2H])c(=O)n(C([2H])(C([2H])([2H])[2H])C([2H])([2H])[2H])c2sc([2H])nc12. The van der Waals surface area contributed by atoms with Crippen molar-refractivity contribution in [1.29, 1.82) is 1.43 Å². The molecule has 0 radical (unpaired) electrons. The van der Waals surface area contributed by atoms with Crippen LogP contribution in [0.4, 0.5) is 0 Å². The molecule has 0 unspecified atom stereocenters. The van der Waals surface area contributed by atoms with E-state index < -0.39 is 115 Å². The molecular weight excluding hydrogens is 352 g/mol. The quantitative estimate of drug-likeness (QED) is 0.745. The van der Waals surface area contributed by atoms with Gasteiger partial charge in [-0.15, -0.1) is 11.3 Å². The van der Waals surface area contributed by atoms with Gasteiger partial charge in [-0.25, -0.2) is 4.98 Å². The van der Waals surface area contributed by atoms with Crippen molar-refractivity contribution in [2.75, 3.05) is 26.0 Å². The first-order chi connectivity index (χ1) is 21.1. The molecular formula is C18H26N4O3S. The van der Waals surface area contributed by atoms with E-state index in [9.17, 15) is 9.59 Å². The number of likely N-dealkylation sites (tertiary alicyclic amines) is 1. The summed E-state index contributed by atoms with van der Waals surface area (Å²) in [7, 11) is 0. The van der Waals surface area contributed by atoms with Gasteiger partial charge >= 0.3 is 0 Å². The minimum Gasteiger partial charge on any atom is -0.505 e. The topological polar surface area (TPSA) is 87.5 Å². The van der Waals surface area contributed by atoms with Crippen LogP contribution in [0.25, 0.3) is 10.3 Å². The van der Waals surface area contributed by atoms with E-state index in [-0.39, 0.29) is 20.8 Å². The Labute approximate surface area is 187 Å². The normalized spacial score (nSPS) is 39.5. The number of aromatic hydroxyl groups is 1. The molecule has 2 N–H and O–H groups in total. The van der Waals surface area contributed by atoms with E-state index in [1.54, 1.807) is 0 Å². The summed E-state index contributed by atoms with van der Waals surface area (Å²) in [4.78, 5) is 30.0. The molecule has 26 heavy (non-hydrogen) atoms. The second kappa shape index (κ2) is 8.18. The summed E-state index contributed by atoms with van der Waals surface area (Å²) in [6, 6.07) is -3.90. The number of pyridine rings is 1. The highest BCUT2D eigenvalue weighted by Gasteiger charge is 2.24. The van der Waals surface area contributed by atoms with Crippen molar-refractivity contribution in [2.24, 2.45) is 0 Å². The second-order valence-corrected chi connectivity index (χ2v) is 5.50. The fraction of sp³-hybridized carbons (Fsp3) is 0.611. The average Bonchev–Trinajstić information content (AvgIpc) is 3.29. The summed E-state index contributed by atoms with van der Waals surface area (Å²) >= 11 is 0.164. The fourth-order valence-electron chi connectivity index (χ4n) is 2.03. The zero-order valence-corrected chi connectivity index (χ0v) is 13.7. The summed E-state index contributed by atoms with van der Waals surface area (Å²) in [6.07, 6.45) is -12.7. The van der Waals surface area contributed by atoms with Gasteiger partial charge in [0, 0.05) is 37.2 Å². The number of aromatic nitrogens is 2. The molecule has 0 spiro atoms. The Morgan fingerprint density at radius 2 is 2.46 bits per heavy atom. The van der Waals surface area contributed by atoms with E-state index in [2.05, 4.69) is 10.1 Å². The summed E-state index contributed by atoms with van der Waals surface area (Å²) in [6.45, 7) is -19.9. The molecule has 1 aliphatic rings. The number of carbonyl (C=O) groups is 1. The van der Waals surface area contributed by atoms with E-state index >= 15 is 0 Å². The van der Waals surface area contributed by atoms with Crippen LogP contribution in [0.2, 0.25) is 1.41 Å². The van der Waals surface area contributed by atoms with Crippen LogP contribution >= 0.6 is 11.3 Å². The molecule has 0 saturated carbocycles. The summed E-state index contributed by atoms with van der Waals surface area (Å²) in [5.41, 5.74) is -5.17. The van der Waals surface area contributed by atoms with Crippen LogP contribution < -0.4 is 10.9 Å². The average molecular weight is 401 g/mol. The largest absolute Gasteiger partial charge is 0.505 e. The lowest BCUT2D eigenvalue weighted by Gasteiger charge is -2.26. The molecule has 1 fully saturated rings. The second-order valence-electron chi connectivity index (χ2n) is 4.73. The van der Waals surface area contributed by atoms with Gasteiger partial charge in [-0.1, -0.05) is 6.37 Å². The van der Waals surface area contributed by atoms with E-state index in [0.717, 1.165) is 0 Å². The monoisotopic (exact) mass is 400 g/mol. The Morgan fingerprint density at radius 1 is 1.65 bits per heavy atom. The lowest BCUT2D eigenvalue weighted by Crippen LogP contribution is -2.36. The van der Waals surface area contributed by atoms with Gasteiger partial charge in [-0.05, 0) is 52.4 Å². The molecule has 2 aromatic rings. The molecule has 8 heteroatoms. The zero-order chi connectivity index (χ0) is 37.8. The predicted molar refractivity (Wildman–Crippen MR) is 103 cm³/mol. The zero-order valence-electron chi connectivity index (χ0n) is 34.8. The molecule has 7 nitrogen and oxygen atoms in total. The number of hydrogen-bond acceptors (Lipinski definition) is 6. The third-order valence-electron chi connectivity index (χ3n) is 3.14. The first-order valence-corrected chi connectivity index (χ1v) is 7.77. The molecule has 1 amide bonds. The van der Waals surface area contributed by atoms with Crippen LogP contribution in [-0.2, 0) is 0 Å². The van der Waals surface area contributed by atoms with Crippen molar-refractivity contribution in [3.8, 4) is 5.75 Å². The molecule has 0 aliphatic carbocycles. The number of thiazole rings is 1. The van der Waals surface area contributed by atoms with Crippen molar-refractivity contribution >= 4 is 27.6 Å². The van der Waals surface area contributed by atoms with Crippen molar-refractivity contribution in [3.05, 3.63) is 21.4 Å². The number of nitrogens with zero attached hydrogens (tertiary/aromatic N) is 3. The molecule has 3 rings (SSSR count). The van der Waals surface area contributed by atoms with Crippen LogP contribution in [0.3, 0.4) is 0 Å². The van der Waals surface area contributed by atoms with E-state index in [1.165, 1.54) is 0 Å². The third-order valence-corrected chi connectivity index (χ3v) is 3.89. The maximum Gasteiger partial charge on any atom is 0.293 e. The first-order valence-electron chi connectivity index (χ1n) is 17.8. The minimum absolute atomic E-state index is 0.164. The molecule has 1 saturated heterocycles. The smallest absolute Gasteiger partial charge is 0.293 e. The number of hydrogen-bond donors (Lipinski definition) is 2. The van der Waals surface area contributed by atoms with Gasteiger partial charge in [-0.2, -0.15) is 0 Å². The molecule has 0 aromatic carbocycles. The minimum atomic E-state index is -3.90. The molecule has 0 bridgehead atoms. The number of amides is 1. The highest BCUT2D eigenvalue weighted by molar-refractivity contribution is 7.16. The molecule has 1 aliphatic heterocycles. The van der Waals surface area contributed by atoms with Gasteiger partial charge in [0.25, 0.3) is 12.9 Å². The van der Waals surface area contributed by atoms with Crippen molar-refractivity contribution in [3.63, 3.8) is 0 Å². The maximum atomic E-state index is 13.8. The van der Waals surface area contributed by atoms with E-state index in [0.29, 0.717) is 0 Å². The standard InChI is InChI=1S/C18H26N4O3S/c1-12(2)22-17(25)13(15(23)14-18(22)26-11-20-14)16(24)19-7-6-10-21-8-4-3-5-9-21/h11-12,23H,3-10H2,1-2H3,(H,19,24)/i1D3,2D3,3D2,4D2,5D2,7D2,8D2,9D2,11D,12D/hD2. The Kier molecular flexibility index (Phi) is 1.74. The predicted octanol–water partition coefficient (Wildman–Crippen LogP) is 2.35. The highest BCUT2D eigenvalue weighted by atomic mass is 32.1. The Hall–Kier alpha value is -1.93. The van der Waals surface area contributed by atoms with Crippen LogP contribution in [0.1, 0.15) is 83.0 Å². The number of carbonyl (C=O) groups excluding carboxylic acids is 1. The summed E-state index contributed by atoms with van der Waals surface area (Å²) in [5.74, 6) is -3.27. The number of fused-ring (bicyclic) bond motifs is 1. The summed E-state index contributed by atoms with van der Waals surface area (Å²) < 4.78 is 175. The summed E-state index contributed by atoms with van der Waals surface area (Å²) in [5, 5.41) is 3.69. The highest BCUT2D eigenvalue weighted by Crippen LogP contribution is 2.29. The molecule has 142 valence electrons. The molecule has 0 atom stereocenters. The van der Waals surface area contributed by atoms with Gasteiger partial charge in [0.2, 0.25) is 0 Å². The fourth-order valence-corrected chi connectivity index (χ4v) is 2.75. The third kappa shape index (κ3) is 3.76. The molecule has 3 heterocycles. The van der Waals surface area contributed by atoms with Crippen LogP contribution in [0, 0.1) is 0 Å². The maximum absolute atomic E-state index is 13.8. The Morgan fingerprint density at radius 3 is 3.19 bits per heavy atom. The van der Waals surface area contributed by atoms with Gasteiger partial charge in [-0.3, -0.25) is 14.2 Å². The lowest BCUT2D eigenvalue weighted by molar-refractivity contribution is 0.0946. The van der Waals surface area contributed by atoms with Crippen molar-refractivity contribution < 1.29 is 38.7 Å². The van der Waals surface area contributed by atoms with Gasteiger partial charge in [0.05, 0.1) is 8.23 Å². The number of nitrogens with one attached hydrogen (secondary N) is 1. The van der Waals surface area contributed by atoms with Crippen molar-refractivity contribution in [2.45, 2.75) is 45.3 Å². The van der Waals surface area contributed by atoms with Crippen molar-refractivity contribution in [1.82, 2.24) is 19.8 Å². The van der Waals surface area contributed by atoms with Gasteiger partial charge in [0.15, 0.2) is 7.16 Å².